The molecule has 33 heavy (non-hydrogen) atoms. The second-order valence-corrected chi connectivity index (χ2v) is 9.68. The molecule has 0 spiro atoms. The Morgan fingerprint density at radius 3 is 3.06 bits per heavy atom. The molecule has 0 saturated heterocycles. The van der Waals surface area contributed by atoms with Crippen LogP contribution in [0.15, 0.2) is 35.4 Å². The number of aryl methyl sites for hydroxylation is 1. The Kier molecular flexibility index (Phi) is 7.22. The maximum atomic E-state index is 12.3. The van der Waals surface area contributed by atoms with Crippen LogP contribution in [-0.2, 0) is 36.0 Å². The summed E-state index contributed by atoms with van der Waals surface area (Å²) in [6, 6.07) is 4.18. The van der Waals surface area contributed by atoms with Crippen molar-refractivity contribution in [3.8, 4) is 6.07 Å². The fourth-order valence-corrected chi connectivity index (χ4v) is 5.61. The second-order valence-electron chi connectivity index (χ2n) is 7.79. The minimum Gasteiger partial charge on any atom is -0.449 e. The number of hydrogen-bond donors (Lipinski definition) is 2. The summed E-state index contributed by atoms with van der Waals surface area (Å²) in [5.41, 5.74) is 3.27. The lowest BCUT2D eigenvalue weighted by atomic mass is 9.88. The minimum absolute atomic E-state index is 0.172. The molecule has 0 aromatic carbocycles. The van der Waals surface area contributed by atoms with E-state index < -0.39 is 6.09 Å². The average molecular weight is 482 g/mol. The zero-order valence-corrected chi connectivity index (χ0v) is 19.7. The third kappa shape index (κ3) is 5.88. The number of hydrogen-bond acceptors (Lipinski definition) is 7. The van der Waals surface area contributed by atoms with Crippen molar-refractivity contribution in [2.45, 2.75) is 25.8 Å². The molecule has 8 nitrogen and oxygen atoms in total. The number of fused-ring (bicyclic) bond motifs is 1. The molecule has 2 amide bonds. The van der Waals surface area contributed by atoms with Gasteiger partial charge in [-0.1, -0.05) is 0 Å². The molecule has 4 rings (SSSR count). The molecule has 0 radical (unpaired) electrons. The Bertz CT molecular complexity index is 1200. The maximum Gasteiger partial charge on any atom is 0.407 e. The quantitative estimate of drug-likeness (QED) is 0.494. The van der Waals surface area contributed by atoms with E-state index in [4.69, 9.17) is 4.74 Å². The molecular weight excluding hydrogens is 458 g/mol. The summed E-state index contributed by atoms with van der Waals surface area (Å²) in [5, 5.41) is 19.7. The van der Waals surface area contributed by atoms with Crippen molar-refractivity contribution in [1.29, 1.82) is 5.26 Å². The number of nitrogens with zero attached hydrogens (tertiary/aromatic N) is 3. The molecule has 0 aliphatic heterocycles. The zero-order valence-electron chi connectivity index (χ0n) is 18.0. The van der Waals surface area contributed by atoms with E-state index in [2.05, 4.69) is 21.7 Å². The third-order valence-electron chi connectivity index (χ3n) is 5.31. The standard InChI is InChI=1S/C23H23N5O3S2/c1-28-11-17(26-14-28)10-25-23(30)31-12-16-2-4-18-19(9-24)22(33-20(18)8-16)27-21(29)5-3-15-6-7-32-13-15/h3,5-7,11,13-14,16H,2,4,8,10,12H2,1H3,(H,25,30)(H,27,29)/b5-3+. The van der Waals surface area contributed by atoms with Gasteiger partial charge in [-0.3, -0.25) is 4.79 Å². The Morgan fingerprint density at radius 2 is 2.33 bits per heavy atom. The number of anilines is 1. The lowest BCUT2D eigenvalue weighted by molar-refractivity contribution is -0.111. The van der Waals surface area contributed by atoms with Crippen LogP contribution in [0, 0.1) is 17.2 Å². The first kappa shape index (κ1) is 22.8. The molecule has 3 heterocycles. The van der Waals surface area contributed by atoms with Crippen molar-refractivity contribution in [3.63, 3.8) is 0 Å². The zero-order chi connectivity index (χ0) is 23.2. The number of nitriles is 1. The summed E-state index contributed by atoms with van der Waals surface area (Å²) in [5.74, 6) is -0.0916. The topological polar surface area (TPSA) is 109 Å². The molecule has 3 aromatic heterocycles. The summed E-state index contributed by atoms with van der Waals surface area (Å²) in [7, 11) is 1.87. The molecule has 0 fully saturated rings. The highest BCUT2D eigenvalue weighted by Crippen LogP contribution is 2.39. The van der Waals surface area contributed by atoms with Gasteiger partial charge in [-0.25, -0.2) is 9.78 Å². The lowest BCUT2D eigenvalue weighted by Crippen LogP contribution is -2.27. The van der Waals surface area contributed by atoms with Gasteiger partial charge in [-0.05, 0) is 59.2 Å². The number of alkyl carbamates (subject to hydrolysis) is 1. The van der Waals surface area contributed by atoms with Crippen LogP contribution >= 0.6 is 22.7 Å². The van der Waals surface area contributed by atoms with E-state index in [1.54, 1.807) is 23.7 Å². The van der Waals surface area contributed by atoms with Gasteiger partial charge in [-0.15, -0.1) is 11.3 Å². The van der Waals surface area contributed by atoms with Gasteiger partial charge in [-0.2, -0.15) is 16.6 Å². The van der Waals surface area contributed by atoms with Crippen LogP contribution in [0.4, 0.5) is 9.80 Å². The van der Waals surface area contributed by atoms with Gasteiger partial charge in [0.25, 0.3) is 0 Å². The number of nitrogens with one attached hydrogen (secondary N) is 2. The summed E-state index contributed by atoms with van der Waals surface area (Å²) >= 11 is 3.00. The first-order chi connectivity index (χ1) is 16.0. The van der Waals surface area contributed by atoms with Gasteiger partial charge in [0, 0.05) is 24.2 Å². The molecule has 1 atom stereocenters. The summed E-state index contributed by atoms with van der Waals surface area (Å²) in [6.45, 7) is 0.618. The number of rotatable bonds is 7. The largest absolute Gasteiger partial charge is 0.449 e. The highest BCUT2D eigenvalue weighted by Gasteiger charge is 2.27. The number of aromatic nitrogens is 2. The first-order valence-electron chi connectivity index (χ1n) is 10.4. The van der Waals surface area contributed by atoms with Gasteiger partial charge in [0.15, 0.2) is 0 Å². The van der Waals surface area contributed by atoms with Gasteiger partial charge >= 0.3 is 6.09 Å². The normalized spacial score (nSPS) is 15.1. The summed E-state index contributed by atoms with van der Waals surface area (Å²) < 4.78 is 7.21. The number of ether oxygens (including phenoxy) is 1. The highest BCUT2D eigenvalue weighted by atomic mass is 32.1. The van der Waals surface area contributed by atoms with Gasteiger partial charge in [0.1, 0.15) is 11.1 Å². The molecule has 3 aromatic rings. The third-order valence-corrected chi connectivity index (χ3v) is 7.18. The van der Waals surface area contributed by atoms with E-state index in [9.17, 15) is 14.9 Å². The van der Waals surface area contributed by atoms with E-state index in [1.807, 2.05) is 34.6 Å². The van der Waals surface area contributed by atoms with Crippen LogP contribution in [0.1, 0.15) is 33.7 Å². The predicted octanol–water partition coefficient (Wildman–Crippen LogP) is 4.10. The van der Waals surface area contributed by atoms with Crippen molar-refractivity contribution >= 4 is 45.8 Å². The minimum atomic E-state index is -0.472. The van der Waals surface area contributed by atoms with Crippen LogP contribution in [0.2, 0.25) is 0 Å². The van der Waals surface area contributed by atoms with Crippen LogP contribution < -0.4 is 10.6 Å². The summed E-state index contributed by atoms with van der Waals surface area (Å²) in [6.07, 6.45) is 8.51. The molecule has 10 heteroatoms. The highest BCUT2D eigenvalue weighted by molar-refractivity contribution is 7.16. The smallest absolute Gasteiger partial charge is 0.407 e. The van der Waals surface area contributed by atoms with Crippen molar-refractivity contribution in [3.05, 3.63) is 62.7 Å². The molecular formula is C23H23N5O3S2. The first-order valence-corrected chi connectivity index (χ1v) is 12.2. The van der Waals surface area contributed by atoms with Crippen molar-refractivity contribution in [1.82, 2.24) is 14.9 Å². The van der Waals surface area contributed by atoms with E-state index >= 15 is 0 Å². The average Bonchev–Trinajstić information content (AvgIpc) is 3.54. The van der Waals surface area contributed by atoms with E-state index in [-0.39, 0.29) is 11.8 Å². The molecule has 2 N–H and O–H groups in total. The second kappa shape index (κ2) is 10.5. The molecule has 1 aliphatic carbocycles. The fourth-order valence-electron chi connectivity index (χ4n) is 3.66. The molecule has 1 aliphatic rings. The Hall–Kier alpha value is -3.42. The maximum absolute atomic E-state index is 12.3. The SMILES string of the molecule is Cn1cnc(CNC(=O)OCC2CCc3c(sc(NC(=O)/C=C/c4ccsc4)c3C#N)C2)c1. The lowest BCUT2D eigenvalue weighted by Gasteiger charge is -2.21. The van der Waals surface area contributed by atoms with Gasteiger partial charge < -0.3 is 19.9 Å². The molecule has 0 saturated carbocycles. The number of amides is 2. The van der Waals surface area contributed by atoms with E-state index in [0.29, 0.717) is 30.1 Å². The van der Waals surface area contributed by atoms with Crippen LogP contribution in [0.5, 0.6) is 0 Å². The molecule has 1 unspecified atom stereocenters. The van der Waals surface area contributed by atoms with Gasteiger partial charge in [0.2, 0.25) is 5.91 Å². The number of carbonyl (C=O) groups excluding carboxylic acids is 2. The Morgan fingerprint density at radius 1 is 1.45 bits per heavy atom. The fraction of sp³-hybridized carbons (Fsp3) is 0.304. The van der Waals surface area contributed by atoms with Crippen molar-refractivity contribution < 1.29 is 14.3 Å². The predicted molar refractivity (Wildman–Crippen MR) is 128 cm³/mol. The number of thiophene rings is 2. The Labute approximate surface area is 199 Å². The van der Waals surface area contributed by atoms with Crippen LogP contribution in [0.25, 0.3) is 6.08 Å². The van der Waals surface area contributed by atoms with Crippen LogP contribution in [0.3, 0.4) is 0 Å². The monoisotopic (exact) mass is 481 g/mol. The van der Waals surface area contributed by atoms with E-state index in [1.165, 1.54) is 17.4 Å². The summed E-state index contributed by atoms with van der Waals surface area (Å²) in [4.78, 5) is 29.6. The van der Waals surface area contributed by atoms with Crippen molar-refractivity contribution in [2.75, 3.05) is 11.9 Å². The van der Waals surface area contributed by atoms with Crippen molar-refractivity contribution in [2.24, 2.45) is 13.0 Å². The molecule has 170 valence electrons. The number of imidazole rings is 1. The Balaban J connectivity index is 1.31. The van der Waals surface area contributed by atoms with Crippen LogP contribution in [-0.4, -0.2) is 28.2 Å². The van der Waals surface area contributed by atoms with E-state index in [0.717, 1.165) is 34.5 Å². The number of carbonyl (C=O) groups is 2. The molecule has 0 bridgehead atoms. The van der Waals surface area contributed by atoms with Gasteiger partial charge in [0.05, 0.1) is 30.7 Å².